The van der Waals surface area contributed by atoms with Gasteiger partial charge in [-0.05, 0) is 44.4 Å². The van der Waals surface area contributed by atoms with E-state index in [1.165, 1.54) is 0 Å². The number of anilines is 1. The molecule has 0 unspecified atom stereocenters. The molecule has 0 spiro atoms. The second-order valence-electron chi connectivity index (χ2n) is 5.94. The highest BCUT2D eigenvalue weighted by Gasteiger charge is 2.22. The minimum atomic E-state index is -0.0701. The maximum absolute atomic E-state index is 12.2. The third kappa shape index (κ3) is 2.58. The van der Waals surface area contributed by atoms with Crippen LogP contribution in [-0.2, 0) is 4.79 Å². The fraction of sp³-hybridized carbons (Fsp3) is 0.412. The summed E-state index contributed by atoms with van der Waals surface area (Å²) in [5.74, 6) is 0.234. The molecule has 0 radical (unpaired) electrons. The molecule has 1 aromatic heterocycles. The fourth-order valence-electron chi connectivity index (χ4n) is 3.07. The van der Waals surface area contributed by atoms with Crippen LogP contribution in [0.2, 0.25) is 0 Å². The smallest absolute Gasteiger partial charge is 0.251 e. The molecule has 0 saturated heterocycles. The van der Waals surface area contributed by atoms with Gasteiger partial charge in [-0.1, -0.05) is 18.9 Å². The summed E-state index contributed by atoms with van der Waals surface area (Å²) in [6.07, 6.45) is 4.24. The van der Waals surface area contributed by atoms with E-state index >= 15 is 0 Å². The SMILES string of the molecule is Cc1c(C)c2ccc(NC(=O)C3CCCC3)cc2[nH]c1=O. The highest BCUT2D eigenvalue weighted by atomic mass is 16.2. The number of rotatable bonds is 2. The first kappa shape index (κ1) is 13.9. The third-order valence-electron chi connectivity index (χ3n) is 4.57. The van der Waals surface area contributed by atoms with Crippen LogP contribution in [0.1, 0.15) is 36.8 Å². The number of aromatic amines is 1. The molecule has 1 aliphatic rings. The summed E-state index contributed by atoms with van der Waals surface area (Å²) < 4.78 is 0. The Morgan fingerprint density at radius 3 is 2.62 bits per heavy atom. The summed E-state index contributed by atoms with van der Waals surface area (Å²) in [5, 5.41) is 3.99. The number of carbonyl (C=O) groups excluding carboxylic acids is 1. The molecule has 110 valence electrons. The number of H-pyrrole nitrogens is 1. The monoisotopic (exact) mass is 284 g/mol. The standard InChI is InChI=1S/C17H20N2O2/c1-10-11(2)16(20)19-15-9-13(7-8-14(10)15)18-17(21)12-5-3-4-6-12/h7-9,12H,3-6H2,1-2H3,(H,18,21)(H,19,20). The van der Waals surface area contributed by atoms with Gasteiger partial charge in [0.1, 0.15) is 0 Å². The van der Waals surface area contributed by atoms with Gasteiger partial charge in [-0.2, -0.15) is 0 Å². The molecule has 4 heteroatoms. The Kier molecular flexibility index (Phi) is 3.53. The second-order valence-corrected chi connectivity index (χ2v) is 5.94. The summed E-state index contributed by atoms with van der Waals surface area (Å²) in [7, 11) is 0. The third-order valence-corrected chi connectivity index (χ3v) is 4.57. The summed E-state index contributed by atoms with van der Waals surface area (Å²) in [4.78, 5) is 26.9. The molecule has 1 heterocycles. The van der Waals surface area contributed by atoms with Crippen LogP contribution >= 0.6 is 0 Å². The molecule has 21 heavy (non-hydrogen) atoms. The lowest BCUT2D eigenvalue weighted by atomic mass is 10.0. The van der Waals surface area contributed by atoms with Crippen LogP contribution in [0.4, 0.5) is 5.69 Å². The number of benzene rings is 1. The topological polar surface area (TPSA) is 62.0 Å². The number of aromatic nitrogens is 1. The Morgan fingerprint density at radius 1 is 1.19 bits per heavy atom. The Bertz CT molecular complexity index is 755. The van der Waals surface area contributed by atoms with Crippen molar-refractivity contribution in [2.45, 2.75) is 39.5 Å². The van der Waals surface area contributed by atoms with E-state index < -0.39 is 0 Å². The molecule has 1 amide bonds. The molecule has 4 nitrogen and oxygen atoms in total. The van der Waals surface area contributed by atoms with Crippen molar-refractivity contribution in [2.75, 3.05) is 5.32 Å². The van der Waals surface area contributed by atoms with Gasteiger partial charge in [-0.3, -0.25) is 9.59 Å². The van der Waals surface area contributed by atoms with Crippen LogP contribution in [-0.4, -0.2) is 10.9 Å². The highest BCUT2D eigenvalue weighted by Crippen LogP contribution is 2.27. The number of hydrogen-bond acceptors (Lipinski definition) is 2. The van der Waals surface area contributed by atoms with E-state index in [-0.39, 0.29) is 17.4 Å². The van der Waals surface area contributed by atoms with Crippen molar-refractivity contribution in [3.05, 3.63) is 39.7 Å². The number of aryl methyl sites for hydroxylation is 1. The van der Waals surface area contributed by atoms with E-state index in [4.69, 9.17) is 0 Å². The number of nitrogens with one attached hydrogen (secondary N) is 2. The minimum absolute atomic E-state index is 0.0701. The first-order valence-electron chi connectivity index (χ1n) is 7.50. The molecule has 1 aliphatic carbocycles. The van der Waals surface area contributed by atoms with E-state index in [1.807, 2.05) is 32.0 Å². The van der Waals surface area contributed by atoms with Gasteiger partial charge in [0.2, 0.25) is 5.91 Å². The number of carbonyl (C=O) groups is 1. The van der Waals surface area contributed by atoms with Crippen molar-refractivity contribution in [2.24, 2.45) is 5.92 Å². The van der Waals surface area contributed by atoms with Crippen molar-refractivity contribution in [3.63, 3.8) is 0 Å². The van der Waals surface area contributed by atoms with E-state index in [1.54, 1.807) is 0 Å². The predicted octanol–water partition coefficient (Wildman–Crippen LogP) is 3.27. The predicted molar refractivity (Wildman–Crippen MR) is 84.6 cm³/mol. The average molecular weight is 284 g/mol. The number of amides is 1. The van der Waals surface area contributed by atoms with Crippen LogP contribution in [0.25, 0.3) is 10.9 Å². The molecular formula is C17H20N2O2. The fourth-order valence-corrected chi connectivity index (χ4v) is 3.07. The molecule has 1 fully saturated rings. The van der Waals surface area contributed by atoms with Crippen molar-refractivity contribution in [1.29, 1.82) is 0 Å². The minimum Gasteiger partial charge on any atom is -0.326 e. The Hall–Kier alpha value is -2.10. The van der Waals surface area contributed by atoms with Gasteiger partial charge < -0.3 is 10.3 Å². The largest absolute Gasteiger partial charge is 0.326 e. The lowest BCUT2D eigenvalue weighted by Gasteiger charge is -2.12. The van der Waals surface area contributed by atoms with E-state index in [9.17, 15) is 9.59 Å². The van der Waals surface area contributed by atoms with Crippen LogP contribution in [0.5, 0.6) is 0 Å². The van der Waals surface area contributed by atoms with Gasteiger partial charge in [0, 0.05) is 22.6 Å². The maximum Gasteiger partial charge on any atom is 0.251 e. The Labute approximate surface area is 123 Å². The van der Waals surface area contributed by atoms with Crippen LogP contribution in [0, 0.1) is 19.8 Å². The van der Waals surface area contributed by atoms with Crippen molar-refractivity contribution >= 4 is 22.5 Å². The van der Waals surface area contributed by atoms with E-state index in [0.29, 0.717) is 0 Å². The molecule has 2 N–H and O–H groups in total. The molecule has 0 aliphatic heterocycles. The Morgan fingerprint density at radius 2 is 1.90 bits per heavy atom. The zero-order valence-corrected chi connectivity index (χ0v) is 12.5. The van der Waals surface area contributed by atoms with Gasteiger partial charge in [-0.15, -0.1) is 0 Å². The summed E-state index contributed by atoms with van der Waals surface area (Å²) >= 11 is 0. The molecule has 0 atom stereocenters. The molecule has 1 aromatic carbocycles. The molecule has 3 rings (SSSR count). The van der Waals surface area contributed by atoms with Gasteiger partial charge in [0.25, 0.3) is 5.56 Å². The quantitative estimate of drug-likeness (QED) is 0.889. The number of hydrogen-bond donors (Lipinski definition) is 2. The van der Waals surface area contributed by atoms with Crippen molar-refractivity contribution < 1.29 is 4.79 Å². The summed E-state index contributed by atoms with van der Waals surface area (Å²) in [6, 6.07) is 5.70. The summed E-state index contributed by atoms with van der Waals surface area (Å²) in [5.41, 5.74) is 3.18. The van der Waals surface area contributed by atoms with E-state index in [0.717, 1.165) is 53.4 Å². The highest BCUT2D eigenvalue weighted by molar-refractivity contribution is 5.95. The van der Waals surface area contributed by atoms with Gasteiger partial charge >= 0.3 is 0 Å². The lowest BCUT2D eigenvalue weighted by molar-refractivity contribution is -0.119. The zero-order valence-electron chi connectivity index (χ0n) is 12.5. The molecule has 2 aromatic rings. The van der Waals surface area contributed by atoms with Crippen LogP contribution in [0.3, 0.4) is 0 Å². The first-order valence-corrected chi connectivity index (χ1v) is 7.50. The Balaban J connectivity index is 1.92. The van der Waals surface area contributed by atoms with Gasteiger partial charge in [0.15, 0.2) is 0 Å². The number of fused-ring (bicyclic) bond motifs is 1. The molecular weight excluding hydrogens is 264 g/mol. The lowest BCUT2D eigenvalue weighted by Crippen LogP contribution is -2.20. The van der Waals surface area contributed by atoms with Crippen LogP contribution < -0.4 is 10.9 Å². The summed E-state index contributed by atoms with van der Waals surface area (Å²) in [6.45, 7) is 3.77. The second kappa shape index (κ2) is 5.35. The first-order chi connectivity index (χ1) is 10.1. The molecule has 0 bridgehead atoms. The van der Waals surface area contributed by atoms with Gasteiger partial charge in [0.05, 0.1) is 5.52 Å². The van der Waals surface area contributed by atoms with Crippen molar-refractivity contribution in [3.8, 4) is 0 Å². The normalized spacial score (nSPS) is 15.5. The zero-order chi connectivity index (χ0) is 15.0. The number of pyridine rings is 1. The average Bonchev–Trinajstić information content (AvgIpc) is 2.99. The van der Waals surface area contributed by atoms with Crippen molar-refractivity contribution in [1.82, 2.24) is 4.98 Å². The maximum atomic E-state index is 12.2. The van der Waals surface area contributed by atoms with Gasteiger partial charge in [-0.25, -0.2) is 0 Å². The van der Waals surface area contributed by atoms with E-state index in [2.05, 4.69) is 10.3 Å². The molecule has 1 saturated carbocycles. The van der Waals surface area contributed by atoms with Crippen LogP contribution in [0.15, 0.2) is 23.0 Å².